The Balaban J connectivity index is 2.10. The van der Waals surface area contributed by atoms with Gasteiger partial charge in [0.2, 0.25) is 11.7 Å². The fraction of sp³-hybridized carbons (Fsp3) is 0.235. The average Bonchev–Trinajstić information content (AvgIpc) is 3.09. The molecular formula is C17H20N4O5. The number of ether oxygens (including phenoxy) is 3. The van der Waals surface area contributed by atoms with Crippen LogP contribution in [0, 0.1) is 0 Å². The van der Waals surface area contributed by atoms with Crippen molar-refractivity contribution in [2.45, 2.75) is 13.5 Å². The van der Waals surface area contributed by atoms with E-state index in [0.717, 1.165) is 5.56 Å². The van der Waals surface area contributed by atoms with Gasteiger partial charge in [-0.05, 0) is 42.8 Å². The SMILES string of the molecule is CCOc1cc(/C=N\N=C(N)N)ccc1OCc1ccc(C(=O)OC)o1. The Morgan fingerprint density at radius 2 is 2.00 bits per heavy atom. The molecule has 1 aromatic heterocycles. The fourth-order valence-corrected chi connectivity index (χ4v) is 1.97. The van der Waals surface area contributed by atoms with Crippen LogP contribution < -0.4 is 20.9 Å². The molecule has 0 unspecified atom stereocenters. The van der Waals surface area contributed by atoms with Crippen LogP contribution in [0.3, 0.4) is 0 Å². The molecule has 0 aliphatic carbocycles. The first-order valence-electron chi connectivity index (χ1n) is 7.72. The van der Waals surface area contributed by atoms with Crippen molar-refractivity contribution in [3.63, 3.8) is 0 Å². The Morgan fingerprint density at radius 1 is 1.19 bits per heavy atom. The maximum Gasteiger partial charge on any atom is 0.373 e. The van der Waals surface area contributed by atoms with Crippen LogP contribution >= 0.6 is 0 Å². The molecule has 2 aromatic rings. The number of rotatable bonds is 8. The topological polar surface area (TPSA) is 135 Å². The molecule has 0 bridgehead atoms. The van der Waals surface area contributed by atoms with Crippen LogP contribution in [0.2, 0.25) is 0 Å². The number of furan rings is 1. The lowest BCUT2D eigenvalue weighted by molar-refractivity contribution is 0.0561. The molecule has 4 N–H and O–H groups in total. The summed E-state index contributed by atoms with van der Waals surface area (Å²) in [7, 11) is 1.29. The standard InChI is InChI=1S/C17H20N4O5/c1-3-24-15-8-11(9-20-21-17(18)19)4-6-13(15)25-10-12-5-7-14(26-12)16(22)23-2/h4-9H,3,10H2,1-2H3,(H4,18,19,21)/b20-9-. The van der Waals surface area contributed by atoms with Crippen LogP contribution in [-0.2, 0) is 11.3 Å². The van der Waals surface area contributed by atoms with E-state index in [-0.39, 0.29) is 18.3 Å². The van der Waals surface area contributed by atoms with E-state index in [1.165, 1.54) is 19.4 Å². The third kappa shape index (κ3) is 5.26. The molecule has 0 radical (unpaired) electrons. The van der Waals surface area contributed by atoms with E-state index in [4.69, 9.17) is 25.4 Å². The summed E-state index contributed by atoms with van der Waals surface area (Å²) in [5.41, 5.74) is 11.2. The van der Waals surface area contributed by atoms with Crippen LogP contribution in [-0.4, -0.2) is 31.9 Å². The predicted molar refractivity (Wildman–Crippen MR) is 95.4 cm³/mol. The summed E-state index contributed by atoms with van der Waals surface area (Å²) < 4.78 is 21.2. The summed E-state index contributed by atoms with van der Waals surface area (Å²) in [6, 6.07) is 8.41. The first-order chi connectivity index (χ1) is 12.5. The molecule has 0 spiro atoms. The molecule has 0 amide bonds. The van der Waals surface area contributed by atoms with Gasteiger partial charge in [0.15, 0.2) is 11.5 Å². The van der Waals surface area contributed by atoms with Crippen molar-refractivity contribution in [3.8, 4) is 11.5 Å². The van der Waals surface area contributed by atoms with Gasteiger partial charge in [-0.3, -0.25) is 0 Å². The van der Waals surface area contributed by atoms with Crippen LogP contribution in [0.5, 0.6) is 11.5 Å². The van der Waals surface area contributed by atoms with Gasteiger partial charge in [0.1, 0.15) is 12.4 Å². The first-order valence-corrected chi connectivity index (χ1v) is 7.72. The second-order valence-corrected chi connectivity index (χ2v) is 4.95. The summed E-state index contributed by atoms with van der Waals surface area (Å²) in [6.45, 7) is 2.44. The Morgan fingerprint density at radius 3 is 2.69 bits per heavy atom. The number of methoxy groups -OCH3 is 1. The van der Waals surface area contributed by atoms with Gasteiger partial charge in [0.25, 0.3) is 0 Å². The predicted octanol–water partition coefficient (Wildman–Crippen LogP) is 1.65. The van der Waals surface area contributed by atoms with Crippen molar-refractivity contribution in [1.29, 1.82) is 0 Å². The number of guanidine groups is 1. The Hall–Kier alpha value is -3.49. The van der Waals surface area contributed by atoms with Gasteiger partial charge >= 0.3 is 5.97 Å². The van der Waals surface area contributed by atoms with Crippen molar-refractivity contribution >= 4 is 18.1 Å². The van der Waals surface area contributed by atoms with Gasteiger partial charge in [-0.15, -0.1) is 5.10 Å². The maximum atomic E-state index is 11.4. The van der Waals surface area contributed by atoms with Gasteiger partial charge in [-0.25, -0.2) is 4.79 Å². The minimum atomic E-state index is -0.546. The summed E-state index contributed by atoms with van der Waals surface area (Å²) in [5, 5.41) is 7.29. The molecule has 0 aliphatic heterocycles. The summed E-state index contributed by atoms with van der Waals surface area (Å²) >= 11 is 0. The lowest BCUT2D eigenvalue weighted by Gasteiger charge is -2.11. The molecule has 1 aromatic carbocycles. The molecule has 26 heavy (non-hydrogen) atoms. The highest BCUT2D eigenvalue weighted by Gasteiger charge is 2.12. The van der Waals surface area contributed by atoms with E-state index in [1.807, 2.05) is 6.92 Å². The highest BCUT2D eigenvalue weighted by Crippen LogP contribution is 2.29. The minimum absolute atomic E-state index is 0.113. The van der Waals surface area contributed by atoms with E-state index in [1.54, 1.807) is 24.3 Å². The van der Waals surface area contributed by atoms with E-state index >= 15 is 0 Å². The van der Waals surface area contributed by atoms with Crippen molar-refractivity contribution < 1.29 is 23.4 Å². The lowest BCUT2D eigenvalue weighted by atomic mass is 10.2. The number of nitrogens with zero attached hydrogens (tertiary/aromatic N) is 2. The van der Waals surface area contributed by atoms with Crippen LogP contribution in [0.1, 0.15) is 28.8 Å². The third-order valence-corrected chi connectivity index (χ3v) is 3.07. The molecule has 9 nitrogen and oxygen atoms in total. The molecule has 0 saturated carbocycles. The molecular weight excluding hydrogens is 340 g/mol. The molecule has 9 heteroatoms. The van der Waals surface area contributed by atoms with Gasteiger partial charge in [-0.1, -0.05) is 0 Å². The molecule has 1 heterocycles. The summed E-state index contributed by atoms with van der Waals surface area (Å²) in [5.74, 6) is 0.961. The Kier molecular flexibility index (Phi) is 6.60. The van der Waals surface area contributed by atoms with Gasteiger partial charge in [0, 0.05) is 0 Å². The number of hydrogen-bond donors (Lipinski definition) is 2. The van der Waals surface area contributed by atoms with Gasteiger partial charge in [0.05, 0.1) is 19.9 Å². The van der Waals surface area contributed by atoms with E-state index in [0.29, 0.717) is 23.9 Å². The first kappa shape index (κ1) is 18.8. The van der Waals surface area contributed by atoms with E-state index < -0.39 is 5.97 Å². The smallest absolute Gasteiger partial charge is 0.373 e. The van der Waals surface area contributed by atoms with Crippen molar-refractivity contribution in [3.05, 3.63) is 47.4 Å². The number of carbonyl (C=O) groups excluding carboxylic acids is 1. The minimum Gasteiger partial charge on any atom is -0.490 e. The fourth-order valence-electron chi connectivity index (χ4n) is 1.97. The second kappa shape index (κ2) is 9.11. The van der Waals surface area contributed by atoms with E-state index in [9.17, 15) is 4.79 Å². The van der Waals surface area contributed by atoms with Crippen molar-refractivity contribution in [2.24, 2.45) is 21.7 Å². The summed E-state index contributed by atoms with van der Waals surface area (Å²) in [4.78, 5) is 11.4. The summed E-state index contributed by atoms with van der Waals surface area (Å²) in [6.07, 6.45) is 1.49. The average molecular weight is 360 g/mol. The zero-order valence-corrected chi connectivity index (χ0v) is 14.5. The third-order valence-electron chi connectivity index (χ3n) is 3.07. The van der Waals surface area contributed by atoms with Gasteiger partial charge in [-0.2, -0.15) is 5.10 Å². The quantitative estimate of drug-likeness (QED) is 0.316. The van der Waals surface area contributed by atoms with Gasteiger partial charge < -0.3 is 30.1 Å². The van der Waals surface area contributed by atoms with Crippen LogP contribution in [0.4, 0.5) is 0 Å². The maximum absolute atomic E-state index is 11.4. The number of benzene rings is 1. The number of carbonyl (C=O) groups is 1. The zero-order chi connectivity index (χ0) is 18.9. The molecule has 0 saturated heterocycles. The number of esters is 1. The highest BCUT2D eigenvalue weighted by atomic mass is 16.5. The van der Waals surface area contributed by atoms with E-state index in [2.05, 4.69) is 14.9 Å². The lowest BCUT2D eigenvalue weighted by Crippen LogP contribution is -2.21. The second-order valence-electron chi connectivity index (χ2n) is 4.95. The monoisotopic (exact) mass is 360 g/mol. The molecule has 0 fully saturated rings. The largest absolute Gasteiger partial charge is 0.490 e. The molecule has 0 atom stereocenters. The zero-order valence-electron chi connectivity index (χ0n) is 14.5. The number of nitrogens with two attached hydrogens (primary N) is 2. The molecule has 138 valence electrons. The molecule has 0 aliphatic rings. The Bertz CT molecular complexity index is 809. The number of hydrogen-bond acceptors (Lipinski definition) is 7. The van der Waals surface area contributed by atoms with Crippen LogP contribution in [0.25, 0.3) is 0 Å². The normalized spacial score (nSPS) is 10.5. The molecule has 2 rings (SSSR count). The van der Waals surface area contributed by atoms with Crippen molar-refractivity contribution in [2.75, 3.05) is 13.7 Å². The highest BCUT2D eigenvalue weighted by molar-refractivity contribution is 5.86. The van der Waals surface area contributed by atoms with Crippen LogP contribution in [0.15, 0.2) is 45.0 Å². The Labute approximate surface area is 150 Å². The van der Waals surface area contributed by atoms with Crippen molar-refractivity contribution in [1.82, 2.24) is 0 Å².